The molecule has 1 aromatic rings. The number of amides is 2. The van der Waals surface area contributed by atoms with E-state index in [9.17, 15) is 4.79 Å². The first kappa shape index (κ1) is 17.4. The number of nitrogens with zero attached hydrogens (tertiary/aromatic N) is 5. The number of hydrogen-bond acceptors (Lipinski definition) is 5. The summed E-state index contributed by atoms with van der Waals surface area (Å²) in [5.74, 6) is -0.0464. The van der Waals surface area contributed by atoms with Crippen molar-refractivity contribution >= 4 is 22.5 Å². The lowest BCUT2D eigenvalue weighted by molar-refractivity contribution is 0.204. The van der Waals surface area contributed by atoms with Crippen LogP contribution in [0.4, 0.5) is 9.93 Å². The molecule has 0 aromatic carbocycles. The van der Waals surface area contributed by atoms with Crippen LogP contribution >= 0.6 is 11.3 Å². The lowest BCUT2D eigenvalue weighted by atomic mass is 10.1. The first-order chi connectivity index (χ1) is 9.94. The fourth-order valence-corrected chi connectivity index (χ4v) is 2.67. The SMILES string of the molecule is CCC(C#N)Cc1nnc(N(CC)C(=O)N(C)C(C)C)s1. The molecule has 0 saturated heterocycles. The minimum atomic E-state index is -0.0810. The largest absolute Gasteiger partial charge is 0.326 e. The van der Waals surface area contributed by atoms with Gasteiger partial charge in [-0.05, 0) is 27.2 Å². The Morgan fingerprint density at radius 2 is 2.05 bits per heavy atom. The molecular weight excluding hydrogens is 286 g/mol. The Balaban J connectivity index is 2.86. The first-order valence-electron chi connectivity index (χ1n) is 7.20. The molecule has 0 N–H and O–H groups in total. The zero-order valence-electron chi connectivity index (χ0n) is 13.3. The Labute approximate surface area is 130 Å². The third kappa shape index (κ3) is 4.39. The summed E-state index contributed by atoms with van der Waals surface area (Å²) < 4.78 is 0. The zero-order chi connectivity index (χ0) is 16.0. The van der Waals surface area contributed by atoms with Crippen molar-refractivity contribution in [2.75, 3.05) is 18.5 Å². The number of anilines is 1. The molecule has 0 radical (unpaired) electrons. The second kappa shape index (κ2) is 7.93. The summed E-state index contributed by atoms with van der Waals surface area (Å²) in [5.41, 5.74) is 0. The predicted octanol–water partition coefficient (Wildman–Crippen LogP) is 2.92. The molecule has 1 unspecified atom stereocenters. The maximum absolute atomic E-state index is 12.4. The summed E-state index contributed by atoms with van der Waals surface area (Å²) in [6.45, 7) is 8.37. The number of carbonyl (C=O) groups excluding carboxylic acids is 1. The van der Waals surface area contributed by atoms with Gasteiger partial charge in [0.05, 0.1) is 12.0 Å². The van der Waals surface area contributed by atoms with Gasteiger partial charge in [-0.3, -0.25) is 4.90 Å². The van der Waals surface area contributed by atoms with Gasteiger partial charge in [0.15, 0.2) is 0 Å². The van der Waals surface area contributed by atoms with Gasteiger partial charge in [-0.1, -0.05) is 18.3 Å². The molecule has 6 nitrogen and oxygen atoms in total. The summed E-state index contributed by atoms with van der Waals surface area (Å²) in [6.07, 6.45) is 1.38. The van der Waals surface area contributed by atoms with E-state index in [0.29, 0.717) is 18.1 Å². The smallest absolute Gasteiger partial charge is 0.325 e. The van der Waals surface area contributed by atoms with Crippen LogP contribution in [-0.4, -0.2) is 40.8 Å². The molecule has 1 heterocycles. The second-order valence-corrected chi connectivity index (χ2v) is 6.19. The molecule has 0 saturated carbocycles. The molecule has 1 aromatic heterocycles. The van der Waals surface area contributed by atoms with Crippen LogP contribution in [0.25, 0.3) is 0 Å². The monoisotopic (exact) mass is 309 g/mol. The van der Waals surface area contributed by atoms with Crippen LogP contribution in [0.15, 0.2) is 0 Å². The van der Waals surface area contributed by atoms with Crippen molar-refractivity contribution in [1.82, 2.24) is 15.1 Å². The van der Waals surface area contributed by atoms with E-state index in [2.05, 4.69) is 16.3 Å². The molecule has 7 heteroatoms. The van der Waals surface area contributed by atoms with Crippen molar-refractivity contribution < 1.29 is 4.79 Å². The van der Waals surface area contributed by atoms with E-state index in [1.807, 2.05) is 27.7 Å². The second-order valence-electron chi connectivity index (χ2n) is 5.15. The standard InChI is InChI=1S/C14H23N5OS/c1-6-11(9-15)8-12-16-17-13(21-12)19(7-2)14(20)18(5)10(3)4/h10-11H,6-8H2,1-5H3. The number of rotatable bonds is 6. The summed E-state index contributed by atoms with van der Waals surface area (Å²) >= 11 is 1.39. The first-order valence-corrected chi connectivity index (χ1v) is 8.02. The maximum Gasteiger partial charge on any atom is 0.326 e. The van der Waals surface area contributed by atoms with E-state index in [4.69, 9.17) is 5.26 Å². The van der Waals surface area contributed by atoms with Gasteiger partial charge in [0.25, 0.3) is 0 Å². The Bertz CT molecular complexity index is 508. The van der Waals surface area contributed by atoms with Crippen LogP contribution in [0.1, 0.15) is 39.1 Å². The van der Waals surface area contributed by atoms with Crippen molar-refractivity contribution in [2.24, 2.45) is 5.92 Å². The van der Waals surface area contributed by atoms with E-state index < -0.39 is 0 Å². The van der Waals surface area contributed by atoms with Gasteiger partial charge in [-0.15, -0.1) is 10.2 Å². The van der Waals surface area contributed by atoms with E-state index >= 15 is 0 Å². The van der Waals surface area contributed by atoms with Gasteiger partial charge < -0.3 is 4.90 Å². The van der Waals surface area contributed by atoms with Gasteiger partial charge in [-0.2, -0.15) is 5.26 Å². The van der Waals surface area contributed by atoms with Crippen molar-refractivity contribution in [1.29, 1.82) is 5.26 Å². The Hall–Kier alpha value is -1.68. The van der Waals surface area contributed by atoms with Crippen molar-refractivity contribution in [3.63, 3.8) is 0 Å². The van der Waals surface area contributed by atoms with Gasteiger partial charge in [0.2, 0.25) is 5.13 Å². The summed E-state index contributed by atoms with van der Waals surface area (Å²) in [7, 11) is 1.78. The third-order valence-corrected chi connectivity index (χ3v) is 4.38. The third-order valence-electron chi connectivity index (χ3n) is 3.41. The van der Waals surface area contributed by atoms with Crippen LogP contribution < -0.4 is 4.90 Å². The topological polar surface area (TPSA) is 73.1 Å². The van der Waals surface area contributed by atoms with Crippen LogP contribution in [0.3, 0.4) is 0 Å². The van der Waals surface area contributed by atoms with E-state index in [0.717, 1.165) is 11.4 Å². The Morgan fingerprint density at radius 1 is 1.38 bits per heavy atom. The Kier molecular flexibility index (Phi) is 6.56. The fraction of sp³-hybridized carbons (Fsp3) is 0.714. The molecule has 0 aliphatic carbocycles. The summed E-state index contributed by atoms with van der Waals surface area (Å²) in [4.78, 5) is 15.7. The number of urea groups is 1. The zero-order valence-corrected chi connectivity index (χ0v) is 14.1. The average Bonchev–Trinajstić information content (AvgIpc) is 2.92. The molecule has 1 atom stereocenters. The molecule has 0 aliphatic heterocycles. The minimum absolute atomic E-state index is 0.0464. The molecule has 0 fully saturated rings. The van der Waals surface area contributed by atoms with Gasteiger partial charge in [0.1, 0.15) is 5.01 Å². The Morgan fingerprint density at radius 3 is 2.52 bits per heavy atom. The van der Waals surface area contributed by atoms with Crippen LogP contribution in [0.2, 0.25) is 0 Å². The van der Waals surface area contributed by atoms with E-state index in [-0.39, 0.29) is 18.0 Å². The normalized spacial score (nSPS) is 12.0. The average molecular weight is 309 g/mol. The molecule has 0 bridgehead atoms. The fourth-order valence-electron chi connectivity index (χ4n) is 1.69. The predicted molar refractivity (Wildman–Crippen MR) is 84.3 cm³/mol. The lowest BCUT2D eigenvalue weighted by Crippen LogP contribution is -2.44. The lowest BCUT2D eigenvalue weighted by Gasteiger charge is -2.27. The number of carbonyl (C=O) groups is 1. The van der Waals surface area contributed by atoms with Crippen molar-refractivity contribution in [2.45, 2.75) is 46.6 Å². The molecule has 0 spiro atoms. The summed E-state index contributed by atoms with van der Waals surface area (Å²) in [5, 5.41) is 18.6. The highest BCUT2D eigenvalue weighted by atomic mass is 32.1. The van der Waals surface area contributed by atoms with E-state index in [1.165, 1.54) is 11.3 Å². The van der Waals surface area contributed by atoms with Crippen LogP contribution in [-0.2, 0) is 6.42 Å². The van der Waals surface area contributed by atoms with Crippen molar-refractivity contribution in [3.05, 3.63) is 5.01 Å². The molecule has 0 aliphatic rings. The highest BCUT2D eigenvalue weighted by Gasteiger charge is 2.23. The molecule has 2 amide bonds. The minimum Gasteiger partial charge on any atom is -0.325 e. The highest BCUT2D eigenvalue weighted by Crippen LogP contribution is 2.24. The summed E-state index contributed by atoms with van der Waals surface area (Å²) in [6, 6.07) is 2.30. The number of hydrogen-bond donors (Lipinski definition) is 0. The molecular formula is C14H23N5OS. The van der Waals surface area contributed by atoms with Crippen LogP contribution in [0, 0.1) is 17.2 Å². The van der Waals surface area contributed by atoms with Crippen LogP contribution in [0.5, 0.6) is 0 Å². The molecule has 21 heavy (non-hydrogen) atoms. The van der Waals surface area contributed by atoms with Gasteiger partial charge in [0, 0.05) is 26.1 Å². The maximum atomic E-state index is 12.4. The number of aromatic nitrogens is 2. The molecule has 1 rings (SSSR count). The molecule has 116 valence electrons. The van der Waals surface area contributed by atoms with Crippen molar-refractivity contribution in [3.8, 4) is 6.07 Å². The van der Waals surface area contributed by atoms with E-state index in [1.54, 1.807) is 16.8 Å². The quantitative estimate of drug-likeness (QED) is 0.810. The number of nitriles is 1. The van der Waals surface area contributed by atoms with Gasteiger partial charge >= 0.3 is 6.03 Å². The highest BCUT2D eigenvalue weighted by molar-refractivity contribution is 7.15. The van der Waals surface area contributed by atoms with Gasteiger partial charge in [-0.25, -0.2) is 4.79 Å².